The average Bonchev–Trinajstić information content (AvgIpc) is 3.65. The van der Waals surface area contributed by atoms with Crippen LogP contribution < -0.4 is 4.90 Å². The molecule has 5 aromatic carbocycles. The molecule has 0 spiro atoms. The molecule has 0 amide bonds. The molecule has 1 aromatic heterocycles. The van der Waals surface area contributed by atoms with E-state index < -0.39 is 0 Å². The standard InChI is InChI=1S/C27H23N.C20H21N.CH4/c1-20-11-16-23(17-12-20)28-26-10-6-5-9-24(26)25-19-22(15-18-27(25)28)14-13-21-7-3-2-4-8-21;1-14-11-12-19-18(13-14)17-10-6-7-15(2)20(17)21(19)16-8-4-3-5-9-16;/h2-12,15-19H,13-14H2,1H3;3-10,13,15,20H,11-12H2,1-2H3;1H4. The van der Waals surface area contributed by atoms with Gasteiger partial charge in [0.2, 0.25) is 0 Å². The predicted molar refractivity (Wildman–Crippen MR) is 215 cm³/mol. The first-order valence-electron chi connectivity index (χ1n) is 17.8. The van der Waals surface area contributed by atoms with Crippen molar-refractivity contribution in [2.75, 3.05) is 4.90 Å². The molecule has 0 saturated carbocycles. The van der Waals surface area contributed by atoms with Gasteiger partial charge in [-0.3, -0.25) is 0 Å². The Hall–Kier alpha value is -5.34. The molecule has 2 heterocycles. The van der Waals surface area contributed by atoms with Crippen LogP contribution in [-0.2, 0) is 12.8 Å². The van der Waals surface area contributed by atoms with Crippen LogP contribution in [-0.4, -0.2) is 10.6 Å². The molecule has 2 heteroatoms. The SMILES string of the molecule is C.CC1=CC2=C(CC1)N(c1ccccc1)C1C2=CC=CC1C.Cc1ccc(-n2c3ccccc3c3cc(CCc4ccccc4)ccc32)cc1. The Balaban J connectivity index is 0.000000160. The second-order valence-corrected chi connectivity index (χ2v) is 13.9. The van der Waals surface area contributed by atoms with Gasteiger partial charge in [-0.1, -0.05) is 135 Å². The molecule has 50 heavy (non-hydrogen) atoms. The van der Waals surface area contributed by atoms with Crippen molar-refractivity contribution in [2.24, 2.45) is 5.92 Å². The lowest BCUT2D eigenvalue weighted by molar-refractivity contribution is 0.589. The highest BCUT2D eigenvalue weighted by atomic mass is 15.2. The maximum atomic E-state index is 2.58. The zero-order valence-electron chi connectivity index (χ0n) is 28.8. The minimum Gasteiger partial charge on any atom is -0.336 e. The average molecular weight is 653 g/mol. The van der Waals surface area contributed by atoms with E-state index in [0.29, 0.717) is 12.0 Å². The first-order valence-corrected chi connectivity index (χ1v) is 17.8. The summed E-state index contributed by atoms with van der Waals surface area (Å²) in [6.45, 7) is 6.72. The smallest absolute Gasteiger partial charge is 0.0655 e. The normalized spacial score (nSPS) is 17.8. The van der Waals surface area contributed by atoms with E-state index in [-0.39, 0.29) is 7.43 Å². The molecule has 250 valence electrons. The summed E-state index contributed by atoms with van der Waals surface area (Å²) in [5, 5.41) is 2.65. The number of para-hydroxylation sites is 2. The maximum Gasteiger partial charge on any atom is 0.0655 e. The Bertz CT molecular complexity index is 2240. The Labute approximate surface area is 298 Å². The Kier molecular flexibility index (Phi) is 9.46. The van der Waals surface area contributed by atoms with E-state index in [2.05, 4.69) is 182 Å². The quantitative estimate of drug-likeness (QED) is 0.180. The van der Waals surface area contributed by atoms with Crippen molar-refractivity contribution >= 4 is 27.5 Å². The third kappa shape index (κ3) is 6.27. The van der Waals surface area contributed by atoms with Crippen LogP contribution >= 0.6 is 0 Å². The fraction of sp³-hybridized carbons (Fsp3) is 0.208. The van der Waals surface area contributed by atoms with Gasteiger partial charge >= 0.3 is 0 Å². The van der Waals surface area contributed by atoms with Crippen molar-refractivity contribution in [3.05, 3.63) is 191 Å². The zero-order valence-corrected chi connectivity index (χ0v) is 28.8. The van der Waals surface area contributed by atoms with Gasteiger partial charge in [0, 0.05) is 27.8 Å². The summed E-state index contributed by atoms with van der Waals surface area (Å²) < 4.78 is 2.38. The summed E-state index contributed by atoms with van der Waals surface area (Å²) in [7, 11) is 0. The van der Waals surface area contributed by atoms with Crippen LogP contribution in [0.15, 0.2) is 174 Å². The molecule has 9 rings (SSSR count). The number of aryl methyl sites for hydroxylation is 3. The lowest BCUT2D eigenvalue weighted by atomic mass is 9.86. The van der Waals surface area contributed by atoms with Crippen molar-refractivity contribution in [2.45, 2.75) is 59.9 Å². The molecule has 0 fully saturated rings. The van der Waals surface area contributed by atoms with Crippen molar-refractivity contribution in [1.29, 1.82) is 0 Å². The third-order valence-corrected chi connectivity index (χ3v) is 10.5. The van der Waals surface area contributed by atoms with E-state index in [1.165, 1.54) is 78.7 Å². The van der Waals surface area contributed by atoms with Crippen LogP contribution in [0.5, 0.6) is 0 Å². The van der Waals surface area contributed by atoms with Crippen LogP contribution in [0.1, 0.15) is 50.8 Å². The lowest BCUT2D eigenvalue weighted by Gasteiger charge is -2.34. The summed E-state index contributed by atoms with van der Waals surface area (Å²) in [5.74, 6) is 0.546. The fourth-order valence-corrected chi connectivity index (χ4v) is 7.95. The van der Waals surface area contributed by atoms with Crippen LogP contribution in [0, 0.1) is 12.8 Å². The number of rotatable bonds is 5. The fourth-order valence-electron chi connectivity index (χ4n) is 7.95. The molecule has 2 atom stereocenters. The summed E-state index contributed by atoms with van der Waals surface area (Å²) in [6, 6.07) is 46.5. The number of hydrogen-bond donors (Lipinski definition) is 0. The van der Waals surface area contributed by atoms with Crippen molar-refractivity contribution in [1.82, 2.24) is 4.57 Å². The molecular weight excluding hydrogens is 605 g/mol. The monoisotopic (exact) mass is 652 g/mol. The lowest BCUT2D eigenvalue weighted by Crippen LogP contribution is -2.36. The molecule has 2 nitrogen and oxygen atoms in total. The topological polar surface area (TPSA) is 8.17 Å². The van der Waals surface area contributed by atoms with Gasteiger partial charge in [0.1, 0.15) is 0 Å². The van der Waals surface area contributed by atoms with E-state index in [1.54, 1.807) is 0 Å². The highest BCUT2D eigenvalue weighted by Gasteiger charge is 2.40. The number of fused-ring (bicyclic) bond motifs is 5. The zero-order chi connectivity index (χ0) is 33.3. The number of nitrogens with zero attached hydrogens (tertiary/aromatic N) is 2. The summed E-state index contributed by atoms with van der Waals surface area (Å²) in [5.41, 5.74) is 15.1. The van der Waals surface area contributed by atoms with E-state index in [9.17, 15) is 0 Å². The molecular formula is C48H48N2. The summed E-state index contributed by atoms with van der Waals surface area (Å²) in [4.78, 5) is 2.58. The molecule has 6 aromatic rings. The molecule has 2 unspecified atom stereocenters. The van der Waals surface area contributed by atoms with Gasteiger partial charge in [0.25, 0.3) is 0 Å². The van der Waals surface area contributed by atoms with Crippen LogP contribution in [0.2, 0.25) is 0 Å². The van der Waals surface area contributed by atoms with Gasteiger partial charge in [0.05, 0.1) is 17.1 Å². The highest BCUT2D eigenvalue weighted by Crippen LogP contribution is 2.47. The first-order chi connectivity index (χ1) is 24.0. The molecule has 0 N–H and O–H groups in total. The van der Waals surface area contributed by atoms with Gasteiger partial charge in [-0.05, 0) is 110 Å². The third-order valence-electron chi connectivity index (χ3n) is 10.5. The van der Waals surface area contributed by atoms with Crippen LogP contribution in [0.3, 0.4) is 0 Å². The second kappa shape index (κ2) is 14.3. The van der Waals surface area contributed by atoms with Gasteiger partial charge in [-0.25, -0.2) is 0 Å². The number of hydrogen-bond acceptors (Lipinski definition) is 1. The highest BCUT2D eigenvalue weighted by molar-refractivity contribution is 6.09. The molecule has 1 aliphatic heterocycles. The second-order valence-electron chi connectivity index (χ2n) is 13.9. The van der Waals surface area contributed by atoms with Gasteiger partial charge in [-0.2, -0.15) is 0 Å². The van der Waals surface area contributed by atoms with E-state index in [4.69, 9.17) is 0 Å². The van der Waals surface area contributed by atoms with Crippen LogP contribution in [0.4, 0.5) is 5.69 Å². The van der Waals surface area contributed by atoms with E-state index >= 15 is 0 Å². The molecule has 2 aliphatic carbocycles. The minimum atomic E-state index is 0. The Morgan fingerprint density at radius 1 is 0.640 bits per heavy atom. The Morgan fingerprint density at radius 2 is 1.32 bits per heavy atom. The number of benzene rings is 5. The Morgan fingerprint density at radius 3 is 2.10 bits per heavy atom. The van der Waals surface area contributed by atoms with Crippen LogP contribution in [0.25, 0.3) is 27.5 Å². The van der Waals surface area contributed by atoms with Crippen molar-refractivity contribution < 1.29 is 0 Å². The van der Waals surface area contributed by atoms with E-state index in [1.807, 2.05) is 0 Å². The number of allylic oxidation sites excluding steroid dienone is 5. The van der Waals surface area contributed by atoms with Gasteiger partial charge < -0.3 is 9.47 Å². The largest absolute Gasteiger partial charge is 0.336 e. The maximum absolute atomic E-state index is 2.58. The first kappa shape index (κ1) is 33.2. The van der Waals surface area contributed by atoms with Crippen molar-refractivity contribution in [3.63, 3.8) is 0 Å². The molecule has 0 bridgehead atoms. The number of aromatic nitrogens is 1. The minimum absolute atomic E-state index is 0. The number of anilines is 1. The predicted octanol–water partition coefficient (Wildman–Crippen LogP) is 12.5. The van der Waals surface area contributed by atoms with E-state index in [0.717, 1.165) is 19.3 Å². The summed E-state index contributed by atoms with van der Waals surface area (Å²) >= 11 is 0. The van der Waals surface area contributed by atoms with Gasteiger partial charge in [0.15, 0.2) is 0 Å². The molecule has 0 saturated heterocycles. The van der Waals surface area contributed by atoms with Gasteiger partial charge in [-0.15, -0.1) is 0 Å². The molecule has 0 radical (unpaired) electrons. The molecule has 3 aliphatic rings. The summed E-state index contributed by atoms with van der Waals surface area (Å²) in [6.07, 6.45) is 13.8. The van der Waals surface area contributed by atoms with Crippen molar-refractivity contribution in [3.8, 4) is 5.69 Å².